The molecule has 29 heavy (non-hydrogen) atoms. The van der Waals surface area contributed by atoms with Gasteiger partial charge in [-0.1, -0.05) is 30.5 Å². The third-order valence-corrected chi connectivity index (χ3v) is 5.88. The molecule has 2 aliphatic rings. The topological polar surface area (TPSA) is 84.3 Å². The molecule has 7 nitrogen and oxygen atoms in total. The minimum Gasteiger partial charge on any atom is -0.311 e. The molecule has 0 bridgehead atoms. The average molecular weight is 415 g/mol. The molecule has 4 rings (SSSR count). The normalized spacial score (nSPS) is 21.4. The van der Waals surface area contributed by atoms with Gasteiger partial charge < -0.3 is 5.32 Å². The standard InChI is InChI=1S/C21H23ClN4O3/c1-13-11-18(26(24-13)15-6-4-5-14(22)12-15)23-19(27)9-10-25-20(28)16-7-2-3-8-17(16)21(25)29/h4-6,11-12,16-17H,2-3,7-10H2,1H3,(H,23,27). The number of nitrogens with one attached hydrogen (secondary N) is 1. The van der Waals surface area contributed by atoms with E-state index in [0.717, 1.165) is 37.1 Å². The molecule has 1 aromatic heterocycles. The van der Waals surface area contributed by atoms with Crippen molar-refractivity contribution in [2.45, 2.75) is 39.0 Å². The molecule has 152 valence electrons. The lowest BCUT2D eigenvalue weighted by atomic mass is 9.81. The first-order valence-corrected chi connectivity index (χ1v) is 10.3. The van der Waals surface area contributed by atoms with Crippen molar-refractivity contribution in [1.29, 1.82) is 0 Å². The summed E-state index contributed by atoms with van der Waals surface area (Å²) in [5.41, 5.74) is 1.48. The molecule has 2 unspecified atom stereocenters. The third kappa shape index (κ3) is 3.92. The monoisotopic (exact) mass is 414 g/mol. The summed E-state index contributed by atoms with van der Waals surface area (Å²) in [5, 5.41) is 7.82. The number of halogens is 1. The zero-order valence-corrected chi connectivity index (χ0v) is 17.0. The van der Waals surface area contributed by atoms with E-state index in [4.69, 9.17) is 11.6 Å². The maximum Gasteiger partial charge on any atom is 0.233 e. The summed E-state index contributed by atoms with van der Waals surface area (Å²) in [6.45, 7) is 1.95. The first-order valence-electron chi connectivity index (χ1n) is 9.92. The maximum absolute atomic E-state index is 12.5. The molecule has 2 heterocycles. The Labute approximate surface area is 174 Å². The van der Waals surface area contributed by atoms with E-state index in [0.29, 0.717) is 10.8 Å². The minimum atomic E-state index is -0.274. The molecule has 1 aliphatic carbocycles. The van der Waals surface area contributed by atoms with E-state index in [9.17, 15) is 14.4 Å². The lowest BCUT2D eigenvalue weighted by Crippen LogP contribution is -2.34. The van der Waals surface area contributed by atoms with E-state index >= 15 is 0 Å². The highest BCUT2D eigenvalue weighted by Crippen LogP contribution is 2.38. The minimum absolute atomic E-state index is 0.0523. The Morgan fingerprint density at radius 2 is 1.86 bits per heavy atom. The molecule has 2 aromatic rings. The number of likely N-dealkylation sites (tertiary alicyclic amines) is 1. The molecule has 1 saturated carbocycles. The van der Waals surface area contributed by atoms with Crippen LogP contribution in [-0.2, 0) is 14.4 Å². The quantitative estimate of drug-likeness (QED) is 0.760. The first kappa shape index (κ1) is 19.6. The molecule has 0 spiro atoms. The van der Waals surface area contributed by atoms with Crippen LogP contribution < -0.4 is 5.32 Å². The Bertz CT molecular complexity index is 947. The van der Waals surface area contributed by atoms with Crippen molar-refractivity contribution in [3.63, 3.8) is 0 Å². The van der Waals surface area contributed by atoms with Crippen LogP contribution in [0, 0.1) is 18.8 Å². The van der Waals surface area contributed by atoms with Crippen molar-refractivity contribution >= 4 is 35.1 Å². The Morgan fingerprint density at radius 1 is 1.17 bits per heavy atom. The lowest BCUT2D eigenvalue weighted by Gasteiger charge is -2.19. The van der Waals surface area contributed by atoms with Crippen LogP contribution in [0.4, 0.5) is 5.82 Å². The molecule has 8 heteroatoms. The summed E-state index contributed by atoms with van der Waals surface area (Å²) >= 11 is 6.06. The van der Waals surface area contributed by atoms with Gasteiger partial charge in [-0.25, -0.2) is 4.68 Å². The molecule has 1 N–H and O–H groups in total. The van der Waals surface area contributed by atoms with Gasteiger partial charge in [0.1, 0.15) is 5.82 Å². The number of nitrogens with zero attached hydrogens (tertiary/aromatic N) is 3. The molecule has 0 radical (unpaired) electrons. The molecule has 2 fully saturated rings. The van der Waals surface area contributed by atoms with E-state index in [1.165, 1.54) is 4.90 Å². The summed E-state index contributed by atoms with van der Waals surface area (Å²) in [7, 11) is 0. The van der Waals surface area contributed by atoms with Crippen molar-refractivity contribution in [3.8, 4) is 5.69 Å². The van der Waals surface area contributed by atoms with Gasteiger partial charge in [0.25, 0.3) is 0 Å². The van der Waals surface area contributed by atoms with Gasteiger partial charge >= 0.3 is 0 Å². The zero-order valence-electron chi connectivity index (χ0n) is 16.2. The first-order chi connectivity index (χ1) is 13.9. The van der Waals surface area contributed by atoms with Crippen molar-refractivity contribution in [2.24, 2.45) is 11.8 Å². The molecular formula is C21H23ClN4O3. The van der Waals surface area contributed by atoms with Crippen LogP contribution in [0.15, 0.2) is 30.3 Å². The number of fused-ring (bicyclic) bond motifs is 1. The van der Waals surface area contributed by atoms with E-state index in [-0.39, 0.29) is 42.5 Å². The Kier molecular flexibility index (Phi) is 5.41. The molecule has 1 saturated heterocycles. The van der Waals surface area contributed by atoms with Crippen LogP contribution in [0.25, 0.3) is 5.69 Å². The molecular weight excluding hydrogens is 392 g/mol. The number of hydrogen-bond donors (Lipinski definition) is 1. The fourth-order valence-electron chi connectivity index (χ4n) is 4.26. The SMILES string of the molecule is Cc1cc(NC(=O)CCN2C(=O)C3CCCCC3C2=O)n(-c2cccc(Cl)c2)n1. The number of imide groups is 1. The van der Waals surface area contributed by atoms with Crippen molar-refractivity contribution in [3.05, 3.63) is 41.0 Å². The second kappa shape index (κ2) is 7.99. The summed E-state index contributed by atoms with van der Waals surface area (Å²) in [5.74, 6) is -0.372. The Morgan fingerprint density at radius 3 is 2.52 bits per heavy atom. The maximum atomic E-state index is 12.5. The fraction of sp³-hybridized carbons (Fsp3) is 0.429. The summed E-state index contributed by atoms with van der Waals surface area (Å²) in [6.07, 6.45) is 3.57. The second-order valence-electron chi connectivity index (χ2n) is 7.69. The van der Waals surface area contributed by atoms with Crippen molar-refractivity contribution in [1.82, 2.24) is 14.7 Å². The number of rotatable bonds is 5. The fourth-order valence-corrected chi connectivity index (χ4v) is 4.45. The predicted molar refractivity (Wildman–Crippen MR) is 109 cm³/mol. The predicted octanol–water partition coefficient (Wildman–Crippen LogP) is 3.34. The number of hydrogen-bond acceptors (Lipinski definition) is 4. The summed E-state index contributed by atoms with van der Waals surface area (Å²) in [6, 6.07) is 8.94. The highest BCUT2D eigenvalue weighted by Gasteiger charge is 2.47. The van der Waals surface area contributed by atoms with Crippen LogP contribution in [0.1, 0.15) is 37.8 Å². The van der Waals surface area contributed by atoms with Gasteiger partial charge in [0.05, 0.1) is 23.2 Å². The Hall–Kier alpha value is -2.67. The largest absolute Gasteiger partial charge is 0.311 e. The molecule has 2 atom stereocenters. The van der Waals surface area contributed by atoms with Gasteiger partial charge in [-0.05, 0) is 38.0 Å². The average Bonchev–Trinajstić information content (AvgIpc) is 3.18. The van der Waals surface area contributed by atoms with Gasteiger partial charge in [0, 0.05) is 24.1 Å². The van der Waals surface area contributed by atoms with Crippen molar-refractivity contribution < 1.29 is 14.4 Å². The number of carbonyl (C=O) groups is 3. The highest BCUT2D eigenvalue weighted by atomic mass is 35.5. The van der Waals surface area contributed by atoms with Crippen molar-refractivity contribution in [2.75, 3.05) is 11.9 Å². The number of amides is 3. The van der Waals surface area contributed by atoms with Gasteiger partial charge in [0.15, 0.2) is 0 Å². The van der Waals surface area contributed by atoms with E-state index in [1.807, 2.05) is 19.1 Å². The van der Waals surface area contributed by atoms with Crippen LogP contribution in [0.3, 0.4) is 0 Å². The molecule has 3 amide bonds. The summed E-state index contributed by atoms with van der Waals surface area (Å²) < 4.78 is 1.61. The molecule has 1 aliphatic heterocycles. The number of aryl methyl sites for hydroxylation is 1. The van der Waals surface area contributed by atoms with Crippen LogP contribution in [0.2, 0.25) is 5.02 Å². The highest BCUT2D eigenvalue weighted by molar-refractivity contribution is 6.30. The Balaban J connectivity index is 1.42. The number of anilines is 1. The lowest BCUT2D eigenvalue weighted by molar-refractivity contribution is -0.140. The van der Waals surface area contributed by atoms with Crippen LogP contribution in [0.5, 0.6) is 0 Å². The van der Waals surface area contributed by atoms with Gasteiger partial charge in [-0.2, -0.15) is 5.10 Å². The third-order valence-electron chi connectivity index (χ3n) is 5.65. The molecule has 1 aromatic carbocycles. The number of carbonyl (C=O) groups excluding carboxylic acids is 3. The van der Waals surface area contributed by atoms with Crippen LogP contribution in [-0.4, -0.2) is 38.9 Å². The second-order valence-corrected chi connectivity index (χ2v) is 8.12. The zero-order chi connectivity index (χ0) is 20.5. The van der Waals surface area contributed by atoms with Gasteiger partial charge in [0.2, 0.25) is 17.7 Å². The van der Waals surface area contributed by atoms with E-state index in [1.54, 1.807) is 22.9 Å². The smallest absolute Gasteiger partial charge is 0.233 e. The number of benzene rings is 1. The summed E-state index contributed by atoms with van der Waals surface area (Å²) in [4.78, 5) is 38.9. The van der Waals surface area contributed by atoms with Crippen LogP contribution >= 0.6 is 11.6 Å². The van der Waals surface area contributed by atoms with E-state index < -0.39 is 0 Å². The van der Waals surface area contributed by atoms with Gasteiger partial charge in [-0.3, -0.25) is 19.3 Å². The number of aromatic nitrogens is 2. The van der Waals surface area contributed by atoms with Gasteiger partial charge in [-0.15, -0.1) is 0 Å². The van der Waals surface area contributed by atoms with E-state index in [2.05, 4.69) is 10.4 Å².